The Kier molecular flexibility index (Phi) is 7.55. The van der Waals surface area contributed by atoms with Crippen molar-refractivity contribution in [2.45, 2.75) is 7.43 Å². The summed E-state index contributed by atoms with van der Waals surface area (Å²) in [5.41, 5.74) is 6.04. The van der Waals surface area contributed by atoms with Gasteiger partial charge >= 0.3 is 5.97 Å². The molecule has 0 saturated heterocycles. The van der Waals surface area contributed by atoms with E-state index in [4.69, 9.17) is 4.74 Å². The van der Waals surface area contributed by atoms with Crippen LogP contribution in [0.2, 0.25) is 0 Å². The summed E-state index contributed by atoms with van der Waals surface area (Å²) in [4.78, 5) is 22.1. The molecule has 164 valence electrons. The van der Waals surface area contributed by atoms with Gasteiger partial charge in [-0.15, -0.1) is 0 Å². The Morgan fingerprint density at radius 3 is 1.33 bits per heavy atom. The molecule has 4 aromatic rings. The average Bonchev–Trinajstić information content (AvgIpc) is 2.84. The minimum Gasteiger partial charge on any atom is -0.478 e. The first kappa shape index (κ1) is 23.2. The van der Waals surface area contributed by atoms with Gasteiger partial charge in [0.15, 0.2) is 0 Å². The van der Waals surface area contributed by atoms with Crippen molar-refractivity contribution in [1.29, 1.82) is 0 Å². The Balaban J connectivity index is 0.00000306. The molecule has 0 aliphatic carbocycles. The highest BCUT2D eigenvalue weighted by Crippen LogP contribution is 2.37. The van der Waals surface area contributed by atoms with Gasteiger partial charge in [0.1, 0.15) is 5.75 Å². The predicted octanol–water partition coefficient (Wildman–Crippen LogP) is 6.56. The van der Waals surface area contributed by atoms with Gasteiger partial charge in [0, 0.05) is 0 Å². The minimum atomic E-state index is -0.962. The quantitative estimate of drug-likeness (QED) is 0.263. The van der Waals surface area contributed by atoms with E-state index >= 15 is 0 Å². The van der Waals surface area contributed by atoms with Gasteiger partial charge in [-0.1, -0.05) is 92.4 Å². The zero-order valence-corrected chi connectivity index (χ0v) is 17.1. The number of carbonyl (C=O) groups excluding carboxylic acids is 1. The van der Waals surface area contributed by atoms with Crippen molar-refractivity contribution < 1.29 is 19.4 Å². The zero-order chi connectivity index (χ0) is 22.3. The smallest absolute Gasteiger partial charge is 0.335 e. The van der Waals surface area contributed by atoms with Gasteiger partial charge < -0.3 is 9.84 Å². The summed E-state index contributed by atoms with van der Waals surface area (Å²) >= 11 is 0. The van der Waals surface area contributed by atoms with Gasteiger partial charge in [0.2, 0.25) is 0 Å². The molecule has 0 aliphatic heterocycles. The van der Waals surface area contributed by atoms with Crippen LogP contribution in [0.25, 0.3) is 11.1 Å². The van der Waals surface area contributed by atoms with Crippen LogP contribution in [0.4, 0.5) is 0 Å². The van der Waals surface area contributed by atoms with Crippen molar-refractivity contribution in [2.24, 2.45) is 0 Å². The van der Waals surface area contributed by atoms with E-state index in [-0.39, 0.29) is 13.0 Å². The van der Waals surface area contributed by atoms with Gasteiger partial charge in [-0.25, -0.2) is 4.79 Å². The molecule has 0 heterocycles. The second-order valence-corrected chi connectivity index (χ2v) is 7.10. The summed E-state index contributed by atoms with van der Waals surface area (Å²) < 4.78 is 4.96. The molecule has 0 fully saturated rings. The first-order chi connectivity index (χ1) is 15.7. The van der Waals surface area contributed by atoms with E-state index in [0.717, 1.165) is 33.4 Å². The number of aromatic carboxylic acids is 1. The molecule has 0 radical (unpaired) electrons. The second kappa shape index (κ2) is 10.7. The molecule has 4 nitrogen and oxygen atoms in total. The molecule has 0 atom stereocenters. The van der Waals surface area contributed by atoms with E-state index in [1.165, 1.54) is 0 Å². The molecule has 0 unspecified atom stereocenters. The second-order valence-electron chi connectivity index (χ2n) is 7.10. The number of ether oxygens (including phenoxy) is 1. The maximum Gasteiger partial charge on any atom is 0.335 e. The first-order valence-electron chi connectivity index (χ1n) is 10.1. The van der Waals surface area contributed by atoms with E-state index in [2.05, 4.69) is 0 Å². The van der Waals surface area contributed by atoms with Crippen molar-refractivity contribution in [2.75, 3.05) is 0 Å². The lowest BCUT2D eigenvalue weighted by molar-refractivity contribution is -0.120. The summed E-state index contributed by atoms with van der Waals surface area (Å²) in [6.45, 7) is 0.405. The standard InChI is InChI=1S/C28H20O4.CH4/c29-19-32-25-17-15-23(16-18-25)27(21-9-5-2-6-10-21)26(20-7-3-1-4-8-20)22-11-13-24(14-12-22)28(30)31;/h1-19H,(H,30,31);1H4/b27-26+;. The maximum atomic E-state index is 11.4. The molecule has 4 aromatic carbocycles. The molecule has 4 rings (SSSR count). The SMILES string of the molecule is C.O=COc1ccc(/C(=C(\c2ccccc2)c2ccc(C(=O)O)cc2)c2ccccc2)cc1. The Bertz CT molecular complexity index is 1240. The Morgan fingerprint density at radius 2 is 0.939 bits per heavy atom. The van der Waals surface area contributed by atoms with E-state index < -0.39 is 5.97 Å². The number of hydrogen-bond donors (Lipinski definition) is 1. The molecular formula is C29H24O4. The number of benzene rings is 4. The topological polar surface area (TPSA) is 63.6 Å². The third-order valence-corrected chi connectivity index (χ3v) is 5.12. The van der Waals surface area contributed by atoms with Gasteiger partial charge in [-0.3, -0.25) is 4.79 Å². The van der Waals surface area contributed by atoms with Crippen LogP contribution in [-0.4, -0.2) is 17.5 Å². The minimum absolute atomic E-state index is 0. The van der Waals surface area contributed by atoms with Gasteiger partial charge in [0.05, 0.1) is 5.56 Å². The third-order valence-electron chi connectivity index (χ3n) is 5.12. The van der Waals surface area contributed by atoms with Crippen LogP contribution in [0, 0.1) is 0 Å². The van der Waals surface area contributed by atoms with Gasteiger partial charge in [-0.05, 0) is 57.7 Å². The van der Waals surface area contributed by atoms with Crippen LogP contribution in [0.3, 0.4) is 0 Å². The van der Waals surface area contributed by atoms with Crippen molar-refractivity contribution >= 4 is 23.6 Å². The Labute approximate surface area is 193 Å². The fourth-order valence-electron chi connectivity index (χ4n) is 3.66. The van der Waals surface area contributed by atoms with E-state index in [1.807, 2.05) is 84.9 Å². The van der Waals surface area contributed by atoms with Crippen LogP contribution >= 0.6 is 0 Å². The van der Waals surface area contributed by atoms with Crippen LogP contribution in [0.1, 0.15) is 40.0 Å². The summed E-state index contributed by atoms with van der Waals surface area (Å²) in [7, 11) is 0. The van der Waals surface area contributed by atoms with Crippen LogP contribution in [0.5, 0.6) is 5.75 Å². The predicted molar refractivity (Wildman–Crippen MR) is 131 cm³/mol. The monoisotopic (exact) mass is 436 g/mol. The Morgan fingerprint density at radius 1 is 0.576 bits per heavy atom. The van der Waals surface area contributed by atoms with E-state index in [1.54, 1.807) is 24.3 Å². The molecule has 0 bridgehead atoms. The largest absolute Gasteiger partial charge is 0.478 e. The fraction of sp³-hybridized carbons (Fsp3) is 0.0345. The van der Waals surface area contributed by atoms with E-state index in [0.29, 0.717) is 12.2 Å². The molecule has 0 aromatic heterocycles. The molecule has 1 N–H and O–H groups in total. The molecule has 0 amide bonds. The molecule has 0 spiro atoms. The molecule has 0 saturated carbocycles. The lowest BCUT2D eigenvalue weighted by Gasteiger charge is -2.18. The summed E-state index contributed by atoms with van der Waals surface area (Å²) in [5, 5.41) is 9.32. The number of carboxylic acids is 1. The number of carboxylic acid groups (broad SMARTS) is 1. The average molecular weight is 437 g/mol. The maximum absolute atomic E-state index is 11.4. The van der Waals surface area contributed by atoms with Gasteiger partial charge in [-0.2, -0.15) is 0 Å². The molecule has 4 heteroatoms. The number of rotatable bonds is 7. The van der Waals surface area contributed by atoms with E-state index in [9.17, 15) is 14.7 Å². The number of carbonyl (C=O) groups is 2. The highest BCUT2D eigenvalue weighted by atomic mass is 16.5. The summed E-state index contributed by atoms with van der Waals surface area (Å²) in [6.07, 6.45) is 0. The van der Waals surface area contributed by atoms with Crippen molar-refractivity contribution in [3.8, 4) is 5.75 Å². The van der Waals surface area contributed by atoms with Crippen molar-refractivity contribution in [1.82, 2.24) is 0 Å². The third kappa shape index (κ3) is 5.25. The normalized spacial score (nSPS) is 11.0. The molecule has 33 heavy (non-hydrogen) atoms. The Hall–Kier alpha value is -4.44. The summed E-state index contributed by atoms with van der Waals surface area (Å²) in [5.74, 6) is -0.501. The molecular weight excluding hydrogens is 412 g/mol. The molecule has 0 aliphatic rings. The highest BCUT2D eigenvalue weighted by molar-refractivity contribution is 6.04. The fourth-order valence-corrected chi connectivity index (χ4v) is 3.66. The highest BCUT2D eigenvalue weighted by Gasteiger charge is 2.16. The number of hydrogen-bond acceptors (Lipinski definition) is 3. The van der Waals surface area contributed by atoms with Crippen LogP contribution < -0.4 is 4.74 Å². The first-order valence-corrected chi connectivity index (χ1v) is 10.1. The van der Waals surface area contributed by atoms with Gasteiger partial charge in [0.25, 0.3) is 6.47 Å². The van der Waals surface area contributed by atoms with Crippen LogP contribution in [0.15, 0.2) is 109 Å². The lowest BCUT2D eigenvalue weighted by Crippen LogP contribution is -2.00. The zero-order valence-electron chi connectivity index (χ0n) is 17.1. The van der Waals surface area contributed by atoms with Crippen LogP contribution in [-0.2, 0) is 4.79 Å². The van der Waals surface area contributed by atoms with Crippen molar-refractivity contribution in [3.63, 3.8) is 0 Å². The lowest BCUT2D eigenvalue weighted by atomic mass is 9.85. The van der Waals surface area contributed by atoms with Crippen molar-refractivity contribution in [3.05, 3.63) is 137 Å². The summed E-state index contributed by atoms with van der Waals surface area (Å²) in [6, 6.07) is 34.2.